The van der Waals surface area contributed by atoms with Crippen LogP contribution in [0.25, 0.3) is 0 Å². The fraction of sp³-hybridized carbons (Fsp3) is 0.500. The molecule has 0 aromatic carbocycles. The van der Waals surface area contributed by atoms with Crippen LogP contribution in [0.3, 0.4) is 0 Å². The van der Waals surface area contributed by atoms with Gasteiger partial charge in [-0.2, -0.15) is 0 Å². The Morgan fingerprint density at radius 2 is 2.30 bits per heavy atom. The maximum absolute atomic E-state index is 4.18. The molecule has 0 saturated carbocycles. The van der Waals surface area contributed by atoms with Crippen LogP contribution >= 0.6 is 45.2 Å². The molecule has 0 amide bonds. The normalized spacial score (nSPS) is 10.3. The molecule has 0 fully saturated rings. The highest BCUT2D eigenvalue weighted by Gasteiger charge is 2.01. The lowest BCUT2D eigenvalue weighted by Crippen LogP contribution is -1.96. The summed E-state index contributed by atoms with van der Waals surface area (Å²) >= 11 is 4.56. The van der Waals surface area contributed by atoms with Gasteiger partial charge >= 0.3 is 0 Å². The van der Waals surface area contributed by atoms with Gasteiger partial charge in [0.2, 0.25) is 0 Å². The summed E-state index contributed by atoms with van der Waals surface area (Å²) in [6.45, 7) is 3.25. The number of hydrogen-bond acceptors (Lipinski definition) is 1. The van der Waals surface area contributed by atoms with Gasteiger partial charge in [-0.05, 0) is 51.6 Å². The molecule has 0 aliphatic rings. The minimum absolute atomic E-state index is 1.08. The van der Waals surface area contributed by atoms with Gasteiger partial charge in [0, 0.05) is 6.54 Å². The zero-order chi connectivity index (χ0) is 7.56. The van der Waals surface area contributed by atoms with Crippen LogP contribution in [0.2, 0.25) is 0 Å². The summed E-state index contributed by atoms with van der Waals surface area (Å²) in [7, 11) is 0. The highest BCUT2D eigenvalue weighted by Crippen LogP contribution is 2.12. The molecule has 56 valence electrons. The second-order valence-electron chi connectivity index (χ2n) is 2.02. The second-order valence-corrected chi connectivity index (χ2v) is 4.06. The number of aromatic nitrogens is 2. The molecule has 0 saturated heterocycles. The van der Waals surface area contributed by atoms with E-state index in [-0.39, 0.29) is 0 Å². The molecule has 1 rings (SSSR count). The predicted molar refractivity (Wildman–Crippen MR) is 58.0 cm³/mol. The molecule has 0 aliphatic heterocycles. The van der Waals surface area contributed by atoms with Crippen molar-refractivity contribution in [2.45, 2.75) is 19.9 Å². The van der Waals surface area contributed by atoms with Crippen molar-refractivity contribution in [3.05, 3.63) is 13.7 Å². The lowest BCUT2D eigenvalue weighted by molar-refractivity contribution is 0.665. The van der Waals surface area contributed by atoms with Gasteiger partial charge in [0.25, 0.3) is 0 Å². The fourth-order valence-electron chi connectivity index (χ4n) is 0.740. The van der Waals surface area contributed by atoms with E-state index in [1.165, 1.54) is 10.1 Å². The standard InChI is InChI=1S/C6H8I2N2/c1-2-3-10-4-9-5(7)6(10)8/h4H,2-3H2,1H3. The quantitative estimate of drug-likeness (QED) is 0.740. The van der Waals surface area contributed by atoms with E-state index in [1.807, 2.05) is 6.33 Å². The molecule has 2 nitrogen and oxygen atoms in total. The van der Waals surface area contributed by atoms with Crippen molar-refractivity contribution < 1.29 is 0 Å². The molecule has 0 radical (unpaired) electrons. The Morgan fingerprint density at radius 3 is 2.70 bits per heavy atom. The van der Waals surface area contributed by atoms with E-state index in [0.29, 0.717) is 0 Å². The van der Waals surface area contributed by atoms with Crippen LogP contribution in [-0.4, -0.2) is 9.55 Å². The van der Waals surface area contributed by atoms with Gasteiger partial charge in [0.1, 0.15) is 7.40 Å². The van der Waals surface area contributed by atoms with Gasteiger partial charge < -0.3 is 4.57 Å². The summed E-state index contributed by atoms with van der Waals surface area (Å²) in [5, 5.41) is 0. The number of nitrogens with zero attached hydrogens (tertiary/aromatic N) is 2. The third-order valence-electron chi connectivity index (χ3n) is 1.20. The molecule has 0 N–H and O–H groups in total. The van der Waals surface area contributed by atoms with E-state index in [9.17, 15) is 0 Å². The minimum atomic E-state index is 1.08. The van der Waals surface area contributed by atoms with E-state index in [2.05, 4.69) is 61.7 Å². The molecule has 0 spiro atoms. The van der Waals surface area contributed by atoms with Crippen molar-refractivity contribution in [1.82, 2.24) is 9.55 Å². The molecule has 1 aromatic heterocycles. The average Bonchev–Trinajstić information content (AvgIpc) is 2.20. The average molecular weight is 362 g/mol. The van der Waals surface area contributed by atoms with Crippen molar-refractivity contribution in [2.75, 3.05) is 0 Å². The maximum Gasteiger partial charge on any atom is 0.132 e. The molecule has 1 heterocycles. The zero-order valence-electron chi connectivity index (χ0n) is 5.64. The highest BCUT2D eigenvalue weighted by atomic mass is 127. The van der Waals surface area contributed by atoms with E-state index in [0.717, 1.165) is 10.2 Å². The summed E-state index contributed by atoms with van der Waals surface area (Å²) in [6.07, 6.45) is 3.06. The smallest absolute Gasteiger partial charge is 0.132 e. The number of halogens is 2. The van der Waals surface area contributed by atoms with Gasteiger partial charge in [-0.15, -0.1) is 0 Å². The van der Waals surface area contributed by atoms with Gasteiger partial charge in [-0.3, -0.25) is 0 Å². The van der Waals surface area contributed by atoms with E-state index < -0.39 is 0 Å². The Kier molecular flexibility index (Phi) is 3.41. The minimum Gasteiger partial charge on any atom is -0.325 e. The van der Waals surface area contributed by atoms with Crippen molar-refractivity contribution in [3.63, 3.8) is 0 Å². The molecule has 0 bridgehead atoms. The highest BCUT2D eigenvalue weighted by molar-refractivity contribution is 14.1. The van der Waals surface area contributed by atoms with Crippen LogP contribution in [-0.2, 0) is 6.54 Å². The van der Waals surface area contributed by atoms with Gasteiger partial charge in [-0.25, -0.2) is 4.98 Å². The molecular weight excluding hydrogens is 354 g/mol. The lowest BCUT2D eigenvalue weighted by atomic mass is 10.5. The molecule has 0 aliphatic carbocycles. The van der Waals surface area contributed by atoms with E-state index in [1.54, 1.807) is 0 Å². The largest absolute Gasteiger partial charge is 0.325 e. The summed E-state index contributed by atoms with van der Waals surface area (Å²) in [6, 6.07) is 0. The fourth-order valence-corrected chi connectivity index (χ4v) is 1.68. The van der Waals surface area contributed by atoms with Gasteiger partial charge in [0.15, 0.2) is 0 Å². The first-order valence-electron chi connectivity index (χ1n) is 3.11. The Morgan fingerprint density at radius 1 is 1.60 bits per heavy atom. The van der Waals surface area contributed by atoms with Crippen molar-refractivity contribution in [3.8, 4) is 0 Å². The molecule has 0 unspecified atom stereocenters. The van der Waals surface area contributed by atoms with Crippen LogP contribution in [0.1, 0.15) is 13.3 Å². The Balaban J connectivity index is 2.83. The topological polar surface area (TPSA) is 17.8 Å². The Labute approximate surface area is 87.7 Å². The number of aryl methyl sites for hydroxylation is 1. The monoisotopic (exact) mass is 362 g/mol. The Hall–Kier alpha value is 0.670. The lowest BCUT2D eigenvalue weighted by Gasteiger charge is -1.98. The summed E-state index contributed by atoms with van der Waals surface area (Å²) in [5.74, 6) is 0. The van der Waals surface area contributed by atoms with Crippen molar-refractivity contribution in [1.29, 1.82) is 0 Å². The second kappa shape index (κ2) is 3.89. The molecule has 1 aromatic rings. The summed E-state index contributed by atoms with van der Waals surface area (Å²) in [4.78, 5) is 4.18. The van der Waals surface area contributed by atoms with E-state index >= 15 is 0 Å². The van der Waals surface area contributed by atoms with Crippen LogP contribution < -0.4 is 0 Å². The first-order valence-corrected chi connectivity index (χ1v) is 5.27. The Bertz CT molecular complexity index is 220. The number of rotatable bonds is 2. The van der Waals surface area contributed by atoms with Gasteiger partial charge in [-0.1, -0.05) is 6.92 Å². The van der Waals surface area contributed by atoms with Gasteiger partial charge in [0.05, 0.1) is 6.33 Å². The number of imidazole rings is 1. The summed E-state index contributed by atoms with van der Waals surface area (Å²) in [5.41, 5.74) is 0. The molecular formula is C6H8I2N2. The van der Waals surface area contributed by atoms with Crippen LogP contribution in [0, 0.1) is 7.40 Å². The van der Waals surface area contributed by atoms with Crippen LogP contribution in [0.4, 0.5) is 0 Å². The molecule has 10 heavy (non-hydrogen) atoms. The van der Waals surface area contributed by atoms with Crippen LogP contribution in [0.15, 0.2) is 6.33 Å². The first-order chi connectivity index (χ1) is 4.75. The molecule has 0 atom stereocenters. The SMILES string of the molecule is CCCn1cnc(I)c1I. The van der Waals surface area contributed by atoms with E-state index in [4.69, 9.17) is 0 Å². The van der Waals surface area contributed by atoms with Crippen molar-refractivity contribution in [2.24, 2.45) is 0 Å². The predicted octanol–water partition coefficient (Wildman–Crippen LogP) is 2.50. The summed E-state index contributed by atoms with van der Waals surface area (Å²) < 4.78 is 4.52. The zero-order valence-corrected chi connectivity index (χ0v) is 9.96. The molecule has 4 heteroatoms. The third kappa shape index (κ3) is 1.84. The van der Waals surface area contributed by atoms with Crippen LogP contribution in [0.5, 0.6) is 0 Å². The number of hydrogen-bond donors (Lipinski definition) is 0. The third-order valence-corrected chi connectivity index (χ3v) is 4.15. The maximum atomic E-state index is 4.18. The first kappa shape index (κ1) is 8.76. The van der Waals surface area contributed by atoms with Crippen molar-refractivity contribution >= 4 is 45.2 Å².